The third-order valence-corrected chi connectivity index (χ3v) is 7.58. The summed E-state index contributed by atoms with van der Waals surface area (Å²) in [6.45, 7) is 9.82. The Balaban J connectivity index is 1.39. The predicted octanol–water partition coefficient (Wildman–Crippen LogP) is 5.14. The van der Waals surface area contributed by atoms with Crippen LogP contribution in [-0.4, -0.2) is 61.9 Å². The predicted molar refractivity (Wildman–Crippen MR) is 135 cm³/mol. The summed E-state index contributed by atoms with van der Waals surface area (Å²) in [5.41, 5.74) is 0.501. The molecule has 0 radical (unpaired) electrons. The van der Waals surface area contributed by atoms with Crippen LogP contribution in [0.2, 0.25) is 0 Å². The number of hydrogen-bond donors (Lipinski definition) is 2. The summed E-state index contributed by atoms with van der Waals surface area (Å²) < 4.78 is 5.70. The van der Waals surface area contributed by atoms with Gasteiger partial charge in [0.05, 0.1) is 5.39 Å². The van der Waals surface area contributed by atoms with E-state index in [9.17, 15) is 4.79 Å². The number of aromatic nitrogens is 4. The van der Waals surface area contributed by atoms with Crippen molar-refractivity contribution >= 4 is 45.2 Å². The number of rotatable bonds is 4. The Morgan fingerprint density at radius 2 is 1.91 bits per heavy atom. The third-order valence-electron chi connectivity index (χ3n) is 6.63. The standard InChI is InChI=1S/C24H33N7O2S/c1-13-9-19(29-28-13)25-20-18-10-14(2)34-21(18)27-22(26-20)30(6)17-11-15-7-8-16(12-17)31(15)23(32)33-24(3,4)5/h9-10,15-17H,7-8,11-12H2,1-6H3,(H2,25,26,27,28,29)/t15-,16+,17-. The Bertz CT molecular complexity index is 1200. The van der Waals surface area contributed by atoms with E-state index < -0.39 is 5.60 Å². The molecule has 3 aromatic heterocycles. The van der Waals surface area contributed by atoms with Crippen LogP contribution in [0.4, 0.5) is 22.4 Å². The monoisotopic (exact) mass is 483 g/mol. The summed E-state index contributed by atoms with van der Waals surface area (Å²) >= 11 is 1.67. The Morgan fingerprint density at radius 1 is 1.21 bits per heavy atom. The van der Waals surface area contributed by atoms with Gasteiger partial charge in [0.25, 0.3) is 0 Å². The van der Waals surface area contributed by atoms with Gasteiger partial charge in [0.15, 0.2) is 5.82 Å². The normalized spacial score (nSPS) is 22.3. The lowest BCUT2D eigenvalue weighted by Gasteiger charge is -2.42. The number of nitrogens with zero attached hydrogens (tertiary/aromatic N) is 5. The molecule has 0 aromatic carbocycles. The molecule has 9 nitrogen and oxygen atoms in total. The number of thiophene rings is 1. The fourth-order valence-electron chi connectivity index (χ4n) is 5.13. The van der Waals surface area contributed by atoms with E-state index in [1.165, 1.54) is 4.88 Å². The van der Waals surface area contributed by atoms with Crippen molar-refractivity contribution in [1.82, 2.24) is 25.1 Å². The van der Waals surface area contributed by atoms with Gasteiger partial charge in [-0.1, -0.05) is 0 Å². The Morgan fingerprint density at radius 3 is 2.53 bits per heavy atom. The summed E-state index contributed by atoms with van der Waals surface area (Å²) in [4.78, 5) is 29.0. The van der Waals surface area contributed by atoms with Gasteiger partial charge in [-0.05, 0) is 66.4 Å². The molecule has 2 N–H and O–H groups in total. The van der Waals surface area contributed by atoms with Crippen molar-refractivity contribution in [1.29, 1.82) is 0 Å². The molecule has 0 aliphatic carbocycles. The van der Waals surface area contributed by atoms with Gasteiger partial charge < -0.3 is 19.9 Å². The summed E-state index contributed by atoms with van der Waals surface area (Å²) in [5, 5.41) is 11.7. The molecule has 2 saturated heterocycles. The lowest BCUT2D eigenvalue weighted by Crippen LogP contribution is -2.53. The maximum atomic E-state index is 12.8. The molecule has 0 spiro atoms. The number of piperidine rings is 1. The SMILES string of the molecule is Cc1cc(Nc2nc(N(C)[C@@H]3C[C@H]4CC[C@@H](C3)N4C(=O)OC(C)(C)C)nc3sc(C)cc23)n[nH]1. The summed E-state index contributed by atoms with van der Waals surface area (Å²) in [7, 11) is 2.07. The first-order valence-electron chi connectivity index (χ1n) is 11.9. The third kappa shape index (κ3) is 4.43. The van der Waals surface area contributed by atoms with E-state index in [0.29, 0.717) is 5.95 Å². The first kappa shape index (κ1) is 22.9. The highest BCUT2D eigenvalue weighted by Crippen LogP contribution is 2.40. The van der Waals surface area contributed by atoms with Crippen LogP contribution in [-0.2, 0) is 4.74 Å². The summed E-state index contributed by atoms with van der Waals surface area (Å²) in [5.74, 6) is 2.19. The Kier molecular flexibility index (Phi) is 5.66. The number of aromatic amines is 1. The van der Waals surface area contributed by atoms with Crippen molar-refractivity contribution in [2.75, 3.05) is 17.3 Å². The van der Waals surface area contributed by atoms with Gasteiger partial charge in [0.2, 0.25) is 5.95 Å². The lowest BCUT2D eigenvalue weighted by molar-refractivity contribution is 0.00596. The minimum Gasteiger partial charge on any atom is -0.444 e. The zero-order valence-electron chi connectivity index (χ0n) is 20.7. The maximum absolute atomic E-state index is 12.8. The highest BCUT2D eigenvalue weighted by molar-refractivity contribution is 7.18. The number of anilines is 3. The molecule has 3 aromatic rings. The van der Waals surface area contributed by atoms with Crippen LogP contribution >= 0.6 is 11.3 Å². The van der Waals surface area contributed by atoms with Crippen LogP contribution in [0.15, 0.2) is 12.1 Å². The number of hydrogen-bond acceptors (Lipinski definition) is 8. The maximum Gasteiger partial charge on any atom is 0.410 e. The Hall–Kier alpha value is -2.88. The fraction of sp³-hybridized carbons (Fsp3) is 0.583. The minimum atomic E-state index is -0.484. The first-order chi connectivity index (χ1) is 16.1. The van der Waals surface area contributed by atoms with Gasteiger partial charge in [-0.3, -0.25) is 5.10 Å². The quantitative estimate of drug-likeness (QED) is 0.530. The van der Waals surface area contributed by atoms with E-state index in [0.717, 1.165) is 53.2 Å². The molecule has 5 heterocycles. The number of carbonyl (C=O) groups excluding carboxylic acids is 1. The van der Waals surface area contributed by atoms with E-state index in [2.05, 4.69) is 40.5 Å². The van der Waals surface area contributed by atoms with Crippen LogP contribution in [0, 0.1) is 13.8 Å². The molecular formula is C24H33N7O2S. The van der Waals surface area contributed by atoms with E-state index >= 15 is 0 Å². The molecule has 5 rings (SSSR count). The molecule has 2 aliphatic rings. The van der Waals surface area contributed by atoms with Crippen molar-refractivity contribution in [3.8, 4) is 0 Å². The Labute approximate surface area is 203 Å². The molecule has 2 bridgehead atoms. The zero-order valence-corrected chi connectivity index (χ0v) is 21.5. The van der Waals surface area contributed by atoms with Crippen LogP contribution < -0.4 is 10.2 Å². The van der Waals surface area contributed by atoms with E-state index in [1.807, 2.05) is 38.7 Å². The largest absolute Gasteiger partial charge is 0.444 e. The number of H-pyrrole nitrogens is 1. The lowest BCUT2D eigenvalue weighted by atomic mass is 9.97. The van der Waals surface area contributed by atoms with Crippen LogP contribution in [0.25, 0.3) is 10.2 Å². The molecular weight excluding hydrogens is 450 g/mol. The molecule has 2 fully saturated rings. The fourth-order valence-corrected chi connectivity index (χ4v) is 6.00. The molecule has 0 saturated carbocycles. The smallest absolute Gasteiger partial charge is 0.410 e. The first-order valence-corrected chi connectivity index (χ1v) is 12.7. The van der Waals surface area contributed by atoms with Gasteiger partial charge >= 0.3 is 6.09 Å². The van der Waals surface area contributed by atoms with Crippen molar-refractivity contribution < 1.29 is 9.53 Å². The second-order valence-electron chi connectivity index (χ2n) is 10.5. The van der Waals surface area contributed by atoms with Crippen LogP contribution in [0.5, 0.6) is 0 Å². The summed E-state index contributed by atoms with van der Waals surface area (Å²) in [6, 6.07) is 4.72. The minimum absolute atomic E-state index is 0.186. The number of ether oxygens (including phenoxy) is 1. The number of aryl methyl sites for hydroxylation is 2. The highest BCUT2D eigenvalue weighted by Gasteiger charge is 2.46. The van der Waals surface area contributed by atoms with Crippen molar-refractivity contribution in [3.63, 3.8) is 0 Å². The van der Waals surface area contributed by atoms with Gasteiger partial charge in [-0.2, -0.15) is 10.1 Å². The van der Waals surface area contributed by atoms with Crippen molar-refractivity contribution in [2.24, 2.45) is 0 Å². The van der Waals surface area contributed by atoms with Crippen LogP contribution in [0.1, 0.15) is 57.0 Å². The summed E-state index contributed by atoms with van der Waals surface area (Å²) in [6.07, 6.45) is 3.62. The van der Waals surface area contributed by atoms with Gasteiger partial charge in [-0.25, -0.2) is 9.78 Å². The second-order valence-corrected chi connectivity index (χ2v) is 11.8. The van der Waals surface area contributed by atoms with Gasteiger partial charge in [0.1, 0.15) is 16.2 Å². The average molecular weight is 484 g/mol. The van der Waals surface area contributed by atoms with E-state index in [4.69, 9.17) is 14.7 Å². The van der Waals surface area contributed by atoms with E-state index in [-0.39, 0.29) is 24.2 Å². The number of amides is 1. The molecule has 182 valence electrons. The van der Waals surface area contributed by atoms with Gasteiger partial charge in [0, 0.05) is 41.8 Å². The molecule has 34 heavy (non-hydrogen) atoms. The number of nitrogens with one attached hydrogen (secondary N) is 2. The zero-order chi connectivity index (χ0) is 24.2. The van der Waals surface area contributed by atoms with Crippen molar-refractivity contribution in [2.45, 2.75) is 84.0 Å². The van der Waals surface area contributed by atoms with E-state index in [1.54, 1.807) is 11.3 Å². The topological polar surface area (TPSA) is 99.3 Å². The number of fused-ring (bicyclic) bond motifs is 3. The second kappa shape index (κ2) is 8.41. The molecule has 0 unspecified atom stereocenters. The molecule has 10 heteroatoms. The molecule has 1 amide bonds. The average Bonchev–Trinajstić information content (AvgIpc) is 3.40. The number of carbonyl (C=O) groups is 1. The highest BCUT2D eigenvalue weighted by atomic mass is 32.1. The van der Waals surface area contributed by atoms with Crippen molar-refractivity contribution in [3.05, 3.63) is 22.7 Å². The molecule has 3 atom stereocenters. The van der Waals surface area contributed by atoms with Gasteiger partial charge in [-0.15, -0.1) is 11.3 Å². The van der Waals surface area contributed by atoms with Crippen LogP contribution in [0.3, 0.4) is 0 Å². The molecule has 2 aliphatic heterocycles.